The van der Waals surface area contributed by atoms with Gasteiger partial charge in [-0.05, 0) is 37.5 Å². The topological polar surface area (TPSA) is 67.0 Å². The Hall–Kier alpha value is -2.23. The van der Waals surface area contributed by atoms with E-state index in [0.717, 1.165) is 49.8 Å². The summed E-state index contributed by atoms with van der Waals surface area (Å²) in [5.74, 6) is 1.86. The van der Waals surface area contributed by atoms with Crippen molar-refractivity contribution in [1.82, 2.24) is 19.7 Å². The van der Waals surface area contributed by atoms with E-state index in [2.05, 4.69) is 27.2 Å². The van der Waals surface area contributed by atoms with Crippen molar-refractivity contribution in [3.05, 3.63) is 47.0 Å². The third kappa shape index (κ3) is 3.99. The zero-order chi connectivity index (χ0) is 16.9. The van der Waals surface area contributed by atoms with E-state index in [4.69, 9.17) is 10.00 Å². The number of ether oxygens (including phenoxy) is 1. The standard InChI is InChI=1S/C18H23N5O/c1-14-20-21-18(22(14)2)13-23(12-17-7-4-8-24-17)11-16-6-3-5-15(9-16)10-19/h3,5-6,9,17H,4,7-8,11-13H2,1-2H3/t17-/m0/s1. The summed E-state index contributed by atoms with van der Waals surface area (Å²) in [6, 6.07) is 9.98. The molecule has 0 unspecified atom stereocenters. The van der Waals surface area contributed by atoms with Crippen molar-refractivity contribution in [2.75, 3.05) is 13.2 Å². The first-order valence-corrected chi connectivity index (χ1v) is 8.33. The highest BCUT2D eigenvalue weighted by Gasteiger charge is 2.21. The molecule has 0 radical (unpaired) electrons. The second-order valence-electron chi connectivity index (χ2n) is 6.34. The number of nitriles is 1. The molecule has 2 heterocycles. The summed E-state index contributed by atoms with van der Waals surface area (Å²) < 4.78 is 7.82. The summed E-state index contributed by atoms with van der Waals surface area (Å²) >= 11 is 0. The molecule has 0 bridgehead atoms. The SMILES string of the molecule is Cc1nnc(CN(Cc2cccc(C#N)c2)C[C@@H]2CCCO2)n1C. The van der Waals surface area contributed by atoms with Gasteiger partial charge >= 0.3 is 0 Å². The molecule has 0 spiro atoms. The van der Waals surface area contributed by atoms with Gasteiger partial charge < -0.3 is 9.30 Å². The maximum Gasteiger partial charge on any atom is 0.146 e. The molecule has 1 aliphatic rings. The predicted octanol–water partition coefficient (Wildman–Crippen LogP) is 2.18. The molecular formula is C18H23N5O. The van der Waals surface area contributed by atoms with Gasteiger partial charge in [0, 0.05) is 26.7 Å². The Morgan fingerprint density at radius 2 is 2.25 bits per heavy atom. The van der Waals surface area contributed by atoms with E-state index in [1.165, 1.54) is 0 Å². The molecule has 0 N–H and O–H groups in total. The smallest absolute Gasteiger partial charge is 0.146 e. The number of aromatic nitrogens is 3. The highest BCUT2D eigenvalue weighted by molar-refractivity contribution is 5.32. The van der Waals surface area contributed by atoms with Crippen molar-refractivity contribution >= 4 is 0 Å². The average Bonchev–Trinajstić information content (AvgIpc) is 3.20. The minimum Gasteiger partial charge on any atom is -0.377 e. The molecule has 1 aromatic heterocycles. The van der Waals surface area contributed by atoms with Gasteiger partial charge in [-0.1, -0.05) is 12.1 Å². The van der Waals surface area contributed by atoms with Gasteiger partial charge in [0.15, 0.2) is 0 Å². The highest BCUT2D eigenvalue weighted by atomic mass is 16.5. The van der Waals surface area contributed by atoms with Gasteiger partial charge in [0.2, 0.25) is 0 Å². The number of hydrogen-bond acceptors (Lipinski definition) is 5. The van der Waals surface area contributed by atoms with E-state index in [1.54, 1.807) is 0 Å². The summed E-state index contributed by atoms with van der Waals surface area (Å²) in [6.45, 7) is 5.15. The lowest BCUT2D eigenvalue weighted by Crippen LogP contribution is -2.32. The lowest BCUT2D eigenvalue weighted by molar-refractivity contribution is 0.0666. The Morgan fingerprint density at radius 1 is 1.38 bits per heavy atom. The molecule has 0 saturated carbocycles. The summed E-state index contributed by atoms with van der Waals surface area (Å²) in [6.07, 6.45) is 2.51. The Bertz CT molecular complexity index is 727. The number of aryl methyl sites for hydroxylation is 1. The first-order chi connectivity index (χ1) is 11.7. The van der Waals surface area contributed by atoms with Crippen LogP contribution in [0.1, 0.15) is 35.6 Å². The molecule has 1 aliphatic heterocycles. The highest BCUT2D eigenvalue weighted by Crippen LogP contribution is 2.17. The van der Waals surface area contributed by atoms with E-state index in [9.17, 15) is 0 Å². The van der Waals surface area contributed by atoms with Gasteiger partial charge in [0.25, 0.3) is 0 Å². The summed E-state index contributed by atoms with van der Waals surface area (Å²) in [5.41, 5.74) is 1.82. The number of hydrogen-bond donors (Lipinski definition) is 0. The summed E-state index contributed by atoms with van der Waals surface area (Å²) in [4.78, 5) is 2.33. The molecule has 1 fully saturated rings. The Labute approximate surface area is 142 Å². The largest absolute Gasteiger partial charge is 0.377 e. The van der Waals surface area contributed by atoms with E-state index in [-0.39, 0.29) is 6.10 Å². The molecule has 6 heteroatoms. The van der Waals surface area contributed by atoms with Crippen LogP contribution in [0.4, 0.5) is 0 Å². The number of benzene rings is 1. The maximum absolute atomic E-state index is 9.10. The van der Waals surface area contributed by atoms with Crippen LogP contribution in [0.2, 0.25) is 0 Å². The third-order valence-electron chi connectivity index (χ3n) is 4.50. The second kappa shape index (κ2) is 7.56. The van der Waals surface area contributed by atoms with Crippen molar-refractivity contribution in [1.29, 1.82) is 5.26 Å². The first kappa shape index (κ1) is 16.6. The second-order valence-corrected chi connectivity index (χ2v) is 6.34. The fraction of sp³-hybridized carbons (Fsp3) is 0.500. The van der Waals surface area contributed by atoms with Crippen LogP contribution in [0.15, 0.2) is 24.3 Å². The Kier molecular flexibility index (Phi) is 5.24. The molecule has 1 saturated heterocycles. The molecule has 2 aromatic rings. The molecule has 6 nitrogen and oxygen atoms in total. The summed E-state index contributed by atoms with van der Waals surface area (Å²) in [5, 5.41) is 17.5. The molecular weight excluding hydrogens is 302 g/mol. The van der Waals surface area contributed by atoms with E-state index >= 15 is 0 Å². The minimum absolute atomic E-state index is 0.276. The molecule has 1 aromatic carbocycles. The quantitative estimate of drug-likeness (QED) is 0.814. The number of nitrogens with zero attached hydrogens (tertiary/aromatic N) is 5. The van der Waals surface area contributed by atoms with Crippen LogP contribution in [0.25, 0.3) is 0 Å². The van der Waals surface area contributed by atoms with Crippen LogP contribution in [0, 0.1) is 18.3 Å². The normalized spacial score (nSPS) is 17.3. The van der Waals surface area contributed by atoms with Gasteiger partial charge in [-0.2, -0.15) is 5.26 Å². The molecule has 0 amide bonds. The monoisotopic (exact) mass is 325 g/mol. The van der Waals surface area contributed by atoms with Crippen LogP contribution in [0.3, 0.4) is 0 Å². The fourth-order valence-electron chi connectivity index (χ4n) is 3.05. The van der Waals surface area contributed by atoms with E-state index in [1.807, 2.05) is 36.7 Å². The van der Waals surface area contributed by atoms with Gasteiger partial charge in [0.05, 0.1) is 24.3 Å². The Morgan fingerprint density at radius 3 is 2.92 bits per heavy atom. The van der Waals surface area contributed by atoms with Crippen LogP contribution < -0.4 is 0 Å². The van der Waals surface area contributed by atoms with Crippen molar-refractivity contribution in [3.63, 3.8) is 0 Å². The van der Waals surface area contributed by atoms with Crippen molar-refractivity contribution in [2.45, 2.75) is 39.0 Å². The van der Waals surface area contributed by atoms with Crippen LogP contribution in [-0.4, -0.2) is 38.9 Å². The lowest BCUT2D eigenvalue weighted by Gasteiger charge is -2.25. The Balaban J connectivity index is 1.75. The average molecular weight is 325 g/mol. The molecule has 3 rings (SSSR count). The lowest BCUT2D eigenvalue weighted by atomic mass is 10.1. The van der Waals surface area contributed by atoms with Crippen LogP contribution in [0.5, 0.6) is 0 Å². The summed E-state index contributed by atoms with van der Waals surface area (Å²) in [7, 11) is 1.99. The van der Waals surface area contributed by atoms with Crippen LogP contribution >= 0.6 is 0 Å². The van der Waals surface area contributed by atoms with Gasteiger partial charge in [-0.3, -0.25) is 4.90 Å². The molecule has 1 atom stereocenters. The van der Waals surface area contributed by atoms with E-state index in [0.29, 0.717) is 12.1 Å². The third-order valence-corrected chi connectivity index (χ3v) is 4.50. The van der Waals surface area contributed by atoms with Crippen molar-refractivity contribution < 1.29 is 4.74 Å². The first-order valence-electron chi connectivity index (χ1n) is 8.33. The molecule has 24 heavy (non-hydrogen) atoms. The maximum atomic E-state index is 9.10. The predicted molar refractivity (Wildman–Crippen MR) is 90.0 cm³/mol. The van der Waals surface area contributed by atoms with E-state index < -0.39 is 0 Å². The van der Waals surface area contributed by atoms with Crippen molar-refractivity contribution in [3.8, 4) is 6.07 Å². The zero-order valence-corrected chi connectivity index (χ0v) is 14.3. The molecule has 0 aliphatic carbocycles. The van der Waals surface area contributed by atoms with Gasteiger partial charge in [0.1, 0.15) is 11.6 Å². The fourth-order valence-corrected chi connectivity index (χ4v) is 3.05. The molecule has 126 valence electrons. The zero-order valence-electron chi connectivity index (χ0n) is 14.3. The number of rotatable bonds is 6. The minimum atomic E-state index is 0.276. The van der Waals surface area contributed by atoms with Crippen LogP contribution in [-0.2, 0) is 24.9 Å². The van der Waals surface area contributed by atoms with Gasteiger partial charge in [-0.15, -0.1) is 10.2 Å². The van der Waals surface area contributed by atoms with Crippen molar-refractivity contribution in [2.24, 2.45) is 7.05 Å². The van der Waals surface area contributed by atoms with Gasteiger partial charge in [-0.25, -0.2) is 0 Å².